The van der Waals surface area contributed by atoms with E-state index in [4.69, 9.17) is 9.84 Å². The first-order chi connectivity index (χ1) is 15.2. The standard InChI is InChI=1S/C26H23N3O2/c1-31-17-22-25(20-10-6-3-7-11-20)26-27-16-21-23(29(26)28-22)14-19(15-24(21)30)13-12-18-8-4-2-5-9-18/h2-13,16,19H,14-15,17H2,1H3/b13-12+/t19-/m1/s1. The van der Waals surface area contributed by atoms with Gasteiger partial charge in [0.1, 0.15) is 0 Å². The van der Waals surface area contributed by atoms with E-state index >= 15 is 0 Å². The van der Waals surface area contributed by atoms with E-state index in [1.165, 1.54) is 0 Å². The van der Waals surface area contributed by atoms with Crippen molar-refractivity contribution in [1.29, 1.82) is 0 Å². The molecule has 0 N–H and O–H groups in total. The molecule has 5 heteroatoms. The molecule has 0 bridgehead atoms. The molecule has 4 aromatic rings. The number of allylic oxidation sites excluding steroid dienone is 1. The van der Waals surface area contributed by atoms with Gasteiger partial charge in [0.25, 0.3) is 0 Å². The van der Waals surface area contributed by atoms with Crippen LogP contribution in [0.2, 0.25) is 0 Å². The molecule has 1 aliphatic rings. The highest BCUT2D eigenvalue weighted by atomic mass is 16.5. The maximum atomic E-state index is 12.9. The van der Waals surface area contributed by atoms with Crippen molar-refractivity contribution >= 4 is 17.5 Å². The minimum atomic E-state index is 0.114. The number of ketones is 1. The third-order valence-electron chi connectivity index (χ3n) is 5.72. The van der Waals surface area contributed by atoms with Crippen LogP contribution in [0.1, 0.15) is 33.7 Å². The number of rotatable bonds is 5. The Morgan fingerprint density at radius 2 is 1.81 bits per heavy atom. The fraction of sp³-hybridized carbons (Fsp3) is 0.192. The molecule has 0 fully saturated rings. The van der Waals surface area contributed by atoms with Gasteiger partial charge in [0, 0.05) is 19.7 Å². The van der Waals surface area contributed by atoms with Crippen molar-refractivity contribution in [3.05, 3.63) is 95.5 Å². The molecule has 0 unspecified atom stereocenters. The van der Waals surface area contributed by atoms with Crippen LogP contribution in [0.3, 0.4) is 0 Å². The number of fused-ring (bicyclic) bond motifs is 3. The van der Waals surface area contributed by atoms with Crippen molar-refractivity contribution in [2.45, 2.75) is 19.4 Å². The van der Waals surface area contributed by atoms with Crippen molar-refractivity contribution < 1.29 is 9.53 Å². The molecule has 0 amide bonds. The molecule has 0 saturated carbocycles. The summed E-state index contributed by atoms with van der Waals surface area (Å²) in [6.07, 6.45) is 7.18. The SMILES string of the molecule is COCc1nn2c3c(cnc2c1-c1ccccc1)C(=O)C[C@H](/C=C/c1ccccc1)C3. The molecule has 1 aliphatic carbocycles. The largest absolute Gasteiger partial charge is 0.378 e. The number of hydrogen-bond acceptors (Lipinski definition) is 4. The predicted molar refractivity (Wildman–Crippen MR) is 121 cm³/mol. The second kappa shape index (κ2) is 8.28. The van der Waals surface area contributed by atoms with E-state index in [0.717, 1.165) is 40.1 Å². The van der Waals surface area contributed by atoms with E-state index in [9.17, 15) is 4.79 Å². The monoisotopic (exact) mass is 409 g/mol. The molecule has 1 atom stereocenters. The van der Waals surface area contributed by atoms with Crippen LogP contribution in [0.4, 0.5) is 0 Å². The van der Waals surface area contributed by atoms with Crippen LogP contribution in [-0.4, -0.2) is 27.5 Å². The number of benzene rings is 2. The summed E-state index contributed by atoms with van der Waals surface area (Å²) in [6.45, 7) is 0.383. The molecule has 31 heavy (non-hydrogen) atoms. The van der Waals surface area contributed by atoms with Gasteiger partial charge in [-0.05, 0) is 23.5 Å². The van der Waals surface area contributed by atoms with Crippen LogP contribution in [-0.2, 0) is 17.8 Å². The number of hydrogen-bond donors (Lipinski definition) is 0. The summed E-state index contributed by atoms with van der Waals surface area (Å²) in [5.41, 5.74) is 6.31. The number of Topliss-reactive ketones (excluding diaryl/α,β-unsaturated/α-hetero) is 1. The van der Waals surface area contributed by atoms with Gasteiger partial charge in [-0.2, -0.15) is 5.10 Å². The van der Waals surface area contributed by atoms with E-state index < -0.39 is 0 Å². The zero-order valence-electron chi connectivity index (χ0n) is 17.4. The number of carbonyl (C=O) groups is 1. The smallest absolute Gasteiger partial charge is 0.166 e. The summed E-state index contributed by atoms with van der Waals surface area (Å²) in [6, 6.07) is 20.3. The average Bonchev–Trinajstić information content (AvgIpc) is 3.18. The third-order valence-corrected chi connectivity index (χ3v) is 5.72. The first-order valence-corrected chi connectivity index (χ1v) is 10.4. The third kappa shape index (κ3) is 3.68. The van der Waals surface area contributed by atoms with Gasteiger partial charge in [-0.1, -0.05) is 72.8 Å². The van der Waals surface area contributed by atoms with Crippen molar-refractivity contribution in [2.75, 3.05) is 7.11 Å². The van der Waals surface area contributed by atoms with Crippen LogP contribution in [0.5, 0.6) is 0 Å². The molecule has 0 aliphatic heterocycles. The van der Waals surface area contributed by atoms with Crippen LogP contribution >= 0.6 is 0 Å². The summed E-state index contributed by atoms with van der Waals surface area (Å²) in [5, 5.41) is 4.83. The fourth-order valence-corrected chi connectivity index (χ4v) is 4.26. The molecule has 0 radical (unpaired) electrons. The summed E-state index contributed by atoms with van der Waals surface area (Å²) < 4.78 is 7.27. The lowest BCUT2D eigenvalue weighted by molar-refractivity contribution is 0.0957. The van der Waals surface area contributed by atoms with Crippen LogP contribution in [0.15, 0.2) is 72.9 Å². The van der Waals surface area contributed by atoms with Gasteiger partial charge in [-0.3, -0.25) is 4.79 Å². The van der Waals surface area contributed by atoms with Crippen molar-refractivity contribution in [1.82, 2.24) is 14.6 Å². The molecule has 2 aromatic heterocycles. The lowest BCUT2D eigenvalue weighted by atomic mass is 9.86. The Kier molecular flexibility index (Phi) is 5.18. The second-order valence-electron chi connectivity index (χ2n) is 7.84. The van der Waals surface area contributed by atoms with Gasteiger partial charge < -0.3 is 4.74 Å². The van der Waals surface area contributed by atoms with E-state index in [0.29, 0.717) is 18.6 Å². The lowest BCUT2D eigenvalue weighted by Gasteiger charge is -2.21. The van der Waals surface area contributed by atoms with Crippen LogP contribution in [0.25, 0.3) is 22.9 Å². The molecule has 2 heterocycles. The van der Waals surface area contributed by atoms with Crippen molar-refractivity contribution in [3.8, 4) is 11.1 Å². The zero-order valence-corrected chi connectivity index (χ0v) is 17.4. The average molecular weight is 409 g/mol. The fourth-order valence-electron chi connectivity index (χ4n) is 4.26. The van der Waals surface area contributed by atoms with Gasteiger partial charge >= 0.3 is 0 Å². The Labute approximate surface area is 181 Å². The van der Waals surface area contributed by atoms with Gasteiger partial charge in [-0.15, -0.1) is 0 Å². The molecule has 5 nitrogen and oxygen atoms in total. The van der Waals surface area contributed by atoms with Crippen LogP contribution < -0.4 is 0 Å². The molecule has 0 saturated heterocycles. The van der Waals surface area contributed by atoms with E-state index in [1.54, 1.807) is 13.3 Å². The Bertz CT molecular complexity index is 1260. The quantitative estimate of drug-likeness (QED) is 0.465. The minimum Gasteiger partial charge on any atom is -0.378 e. The highest BCUT2D eigenvalue weighted by Crippen LogP contribution is 2.32. The predicted octanol–water partition coefficient (Wildman–Crippen LogP) is 5.00. The Hall–Kier alpha value is -3.57. The second-order valence-corrected chi connectivity index (χ2v) is 7.84. The first-order valence-electron chi connectivity index (χ1n) is 10.4. The van der Waals surface area contributed by atoms with Gasteiger partial charge in [-0.25, -0.2) is 9.50 Å². The number of methoxy groups -OCH3 is 1. The molecular formula is C26H23N3O2. The van der Waals surface area contributed by atoms with Crippen LogP contribution in [0, 0.1) is 5.92 Å². The molecule has 2 aromatic carbocycles. The van der Waals surface area contributed by atoms with Crippen molar-refractivity contribution in [3.63, 3.8) is 0 Å². The van der Waals surface area contributed by atoms with E-state index in [1.807, 2.05) is 53.0 Å². The summed E-state index contributed by atoms with van der Waals surface area (Å²) >= 11 is 0. The van der Waals surface area contributed by atoms with E-state index in [2.05, 4.69) is 29.3 Å². The highest BCUT2D eigenvalue weighted by molar-refractivity contribution is 5.98. The molecular weight excluding hydrogens is 386 g/mol. The zero-order chi connectivity index (χ0) is 21.2. The summed E-state index contributed by atoms with van der Waals surface area (Å²) in [5.74, 6) is 0.240. The summed E-state index contributed by atoms with van der Waals surface area (Å²) in [4.78, 5) is 17.5. The van der Waals surface area contributed by atoms with Gasteiger partial charge in [0.05, 0.1) is 29.1 Å². The maximum Gasteiger partial charge on any atom is 0.166 e. The number of carbonyl (C=O) groups excluding carboxylic acids is 1. The number of ether oxygens (including phenoxy) is 1. The Morgan fingerprint density at radius 3 is 2.55 bits per heavy atom. The van der Waals surface area contributed by atoms with Crippen molar-refractivity contribution in [2.24, 2.45) is 5.92 Å². The number of nitrogens with zero attached hydrogens (tertiary/aromatic N) is 3. The first kappa shape index (κ1) is 19.4. The van der Waals surface area contributed by atoms with E-state index in [-0.39, 0.29) is 11.7 Å². The minimum absolute atomic E-state index is 0.114. The lowest BCUT2D eigenvalue weighted by Crippen LogP contribution is -2.22. The number of aromatic nitrogens is 3. The summed E-state index contributed by atoms with van der Waals surface area (Å²) in [7, 11) is 1.66. The van der Waals surface area contributed by atoms with Gasteiger partial charge in [0.2, 0.25) is 0 Å². The Balaban J connectivity index is 1.59. The highest BCUT2D eigenvalue weighted by Gasteiger charge is 2.28. The topological polar surface area (TPSA) is 56.5 Å². The van der Waals surface area contributed by atoms with Gasteiger partial charge in [0.15, 0.2) is 11.4 Å². The maximum absolute atomic E-state index is 12.9. The molecule has 0 spiro atoms. The normalized spacial score (nSPS) is 16.2. The molecule has 154 valence electrons. The molecule has 5 rings (SSSR count). The Morgan fingerprint density at radius 1 is 1.06 bits per heavy atom.